The Morgan fingerprint density at radius 2 is 1.02 bits per heavy atom. The lowest BCUT2D eigenvalue weighted by atomic mass is 9.83. The van der Waals surface area contributed by atoms with Gasteiger partial charge in [0.05, 0.1) is 23.3 Å². The maximum absolute atomic E-state index is 10.00. The van der Waals surface area contributed by atoms with Gasteiger partial charge in [-0.2, -0.15) is 0 Å². The van der Waals surface area contributed by atoms with E-state index in [0.717, 1.165) is 0 Å². The molecule has 0 fully saturated rings. The number of hydrogen-bond acceptors (Lipinski definition) is 1. The Labute approximate surface area is 285 Å². The first-order valence-corrected chi connectivity index (χ1v) is 14.1. The van der Waals surface area contributed by atoms with Crippen molar-refractivity contribution in [2.75, 3.05) is 0 Å². The Kier molecular flexibility index (Phi) is 3.18. The maximum Gasteiger partial charge on any atom is 0.136 e. The van der Waals surface area contributed by atoms with E-state index in [1.165, 1.54) is 24.3 Å². The van der Waals surface area contributed by atoms with Crippen LogP contribution in [-0.4, -0.2) is 0 Å². The van der Waals surface area contributed by atoms with E-state index in [2.05, 4.69) is 0 Å². The monoisotopic (exact) mass is 589 g/mol. The second kappa shape index (κ2) is 10.4. The topological polar surface area (TPSA) is 13.1 Å². The molecule has 1 aromatic heterocycles. The zero-order chi connectivity index (χ0) is 44.5. The highest BCUT2D eigenvalue weighted by Crippen LogP contribution is 2.48. The van der Waals surface area contributed by atoms with Gasteiger partial charge in [0, 0.05) is 10.8 Å². The predicted molar refractivity (Wildman–Crippen MR) is 190 cm³/mol. The average molecular weight is 590 g/mol. The summed E-state index contributed by atoms with van der Waals surface area (Å²) < 4.78 is 157. The second-order valence-electron chi connectivity index (χ2n) is 10.4. The normalized spacial score (nSPS) is 16.8. The van der Waals surface area contributed by atoms with Crippen molar-refractivity contribution >= 4 is 43.5 Å². The molecule has 0 spiro atoms. The molecule has 0 aliphatic rings. The molecule has 9 aromatic rings. The molecule has 0 radical (unpaired) electrons. The van der Waals surface area contributed by atoms with E-state index in [-0.39, 0.29) is 49.4 Å². The smallest absolute Gasteiger partial charge is 0.136 e. The van der Waals surface area contributed by atoms with Gasteiger partial charge in [0.1, 0.15) is 11.2 Å². The third kappa shape index (κ3) is 4.17. The zero-order valence-electron chi connectivity index (χ0n) is 40.3. The second-order valence-corrected chi connectivity index (χ2v) is 10.4. The molecule has 1 heterocycles. The molecule has 8 aromatic carbocycles. The van der Waals surface area contributed by atoms with Gasteiger partial charge in [0.2, 0.25) is 0 Å². The summed E-state index contributed by atoms with van der Waals surface area (Å²) in [5, 5.41) is 0.584. The van der Waals surface area contributed by atoms with Crippen LogP contribution in [-0.2, 0) is 0 Å². The van der Waals surface area contributed by atoms with Gasteiger partial charge in [-0.05, 0) is 90.3 Å². The van der Waals surface area contributed by atoms with Crippen molar-refractivity contribution in [2.45, 2.75) is 0 Å². The molecule has 0 aliphatic heterocycles. The molecule has 0 amide bonds. The molecule has 1 nitrogen and oxygen atoms in total. The van der Waals surface area contributed by atoms with E-state index in [9.17, 15) is 6.85 Å². The standard InChI is InChI=1S/C44H28O/c1-3-13-29(14-4-1)31-17-11-18-33(27-31)42-34-19-7-8-20-35(34)43(36-26-25-32(28-39(36)42)30-15-5-2-6-16-30)38-22-12-24-41-44(38)37-21-9-10-23-40(37)45-41/h1-28H/i1D,2D,3D,4D,5D,6D,7D,8D,13D,14D,15D,16D,19D,20D,25D,26D,28D. The Morgan fingerprint density at radius 1 is 0.400 bits per heavy atom. The minimum atomic E-state index is -0.746. The van der Waals surface area contributed by atoms with Gasteiger partial charge in [-0.25, -0.2) is 0 Å². The van der Waals surface area contributed by atoms with E-state index in [1.54, 1.807) is 42.5 Å². The SMILES string of the molecule is [2H]c1c([2H])c([2H])c(-c2cccc(-c3c4c([2H])c([2H])c([2H])c([2H])c4c(-c4cccc5oc6ccccc6c45)c4c([2H])c([2H])c(-c5c([2H])c([2H])c([2H])c([2H])c5[2H])c([2H])c34)c2)c([2H])c1[2H]. The number of furan rings is 1. The highest BCUT2D eigenvalue weighted by Gasteiger charge is 2.21. The lowest BCUT2D eigenvalue weighted by Gasteiger charge is -2.19. The van der Waals surface area contributed by atoms with Crippen LogP contribution in [0.2, 0.25) is 0 Å². The molecule has 0 saturated heterocycles. The van der Waals surface area contributed by atoms with E-state index < -0.39 is 114 Å². The third-order valence-electron chi connectivity index (χ3n) is 7.86. The fourth-order valence-electron chi connectivity index (χ4n) is 5.98. The van der Waals surface area contributed by atoms with Gasteiger partial charge in [-0.15, -0.1) is 0 Å². The summed E-state index contributed by atoms with van der Waals surface area (Å²) in [4.78, 5) is 0. The number of benzene rings is 8. The predicted octanol–water partition coefficient (Wildman–Crippen LogP) is 12.6. The first-order chi connectivity index (χ1) is 29.4. The van der Waals surface area contributed by atoms with Gasteiger partial charge in [-0.3, -0.25) is 0 Å². The van der Waals surface area contributed by atoms with Crippen LogP contribution in [0.5, 0.6) is 0 Å². The number of rotatable bonds is 4. The van der Waals surface area contributed by atoms with Crippen LogP contribution >= 0.6 is 0 Å². The molecule has 0 N–H and O–H groups in total. The summed E-state index contributed by atoms with van der Waals surface area (Å²) in [5.74, 6) is 0. The van der Waals surface area contributed by atoms with Crippen LogP contribution in [0.25, 0.3) is 88.0 Å². The summed E-state index contributed by atoms with van der Waals surface area (Å²) in [6.45, 7) is 0. The van der Waals surface area contributed by atoms with Crippen LogP contribution in [0.1, 0.15) is 23.3 Å². The Balaban J connectivity index is 1.59. The molecule has 0 bridgehead atoms. The van der Waals surface area contributed by atoms with Crippen LogP contribution in [0.15, 0.2) is 174 Å². The molecule has 210 valence electrons. The van der Waals surface area contributed by atoms with Crippen molar-refractivity contribution < 1.29 is 27.7 Å². The summed E-state index contributed by atoms with van der Waals surface area (Å²) in [5.41, 5.74) is 0.204. The van der Waals surface area contributed by atoms with Crippen LogP contribution in [0.4, 0.5) is 0 Å². The quantitative estimate of drug-likeness (QED) is 0.186. The largest absolute Gasteiger partial charge is 0.456 e. The molecule has 45 heavy (non-hydrogen) atoms. The van der Waals surface area contributed by atoms with Crippen molar-refractivity contribution in [1.82, 2.24) is 0 Å². The van der Waals surface area contributed by atoms with Crippen molar-refractivity contribution in [1.29, 1.82) is 0 Å². The van der Waals surface area contributed by atoms with Crippen LogP contribution < -0.4 is 0 Å². The van der Waals surface area contributed by atoms with Gasteiger partial charge < -0.3 is 4.42 Å². The third-order valence-corrected chi connectivity index (χ3v) is 7.86. The summed E-state index contributed by atoms with van der Waals surface area (Å²) in [6, 6.07) is 7.39. The molecular formula is C44H28O. The highest BCUT2D eigenvalue weighted by molar-refractivity contribution is 6.26. The minimum absolute atomic E-state index is 0.0456. The first-order valence-electron chi connectivity index (χ1n) is 22.6. The van der Waals surface area contributed by atoms with E-state index in [4.69, 9.17) is 20.9 Å². The Bertz CT molecular complexity index is 3440. The van der Waals surface area contributed by atoms with E-state index in [0.29, 0.717) is 27.5 Å². The molecule has 9 rings (SSSR count). The van der Waals surface area contributed by atoms with Crippen molar-refractivity contribution in [3.05, 3.63) is 169 Å². The van der Waals surface area contributed by atoms with Crippen molar-refractivity contribution in [2.24, 2.45) is 0 Å². The minimum Gasteiger partial charge on any atom is -0.456 e. The van der Waals surface area contributed by atoms with Crippen LogP contribution in [0.3, 0.4) is 0 Å². The molecular weight excluding hydrogens is 544 g/mol. The number of hydrogen-bond donors (Lipinski definition) is 0. The summed E-state index contributed by atoms with van der Waals surface area (Å²) >= 11 is 0. The maximum atomic E-state index is 10.00. The molecule has 0 unspecified atom stereocenters. The van der Waals surface area contributed by atoms with Gasteiger partial charge >= 0.3 is 0 Å². The Morgan fingerprint density at radius 3 is 1.82 bits per heavy atom. The van der Waals surface area contributed by atoms with E-state index in [1.807, 2.05) is 0 Å². The lowest BCUT2D eigenvalue weighted by molar-refractivity contribution is 0.669. The van der Waals surface area contributed by atoms with Crippen molar-refractivity contribution in [3.63, 3.8) is 0 Å². The summed E-state index contributed by atoms with van der Waals surface area (Å²) in [6.07, 6.45) is 0. The average Bonchev–Trinajstić information content (AvgIpc) is 3.66. The van der Waals surface area contributed by atoms with Crippen LogP contribution in [0, 0.1) is 0 Å². The lowest BCUT2D eigenvalue weighted by Crippen LogP contribution is -1.92. The summed E-state index contributed by atoms with van der Waals surface area (Å²) in [7, 11) is 0. The number of fused-ring (bicyclic) bond motifs is 5. The van der Waals surface area contributed by atoms with E-state index >= 15 is 0 Å². The van der Waals surface area contributed by atoms with Gasteiger partial charge in [0.15, 0.2) is 0 Å². The van der Waals surface area contributed by atoms with Crippen molar-refractivity contribution in [3.8, 4) is 44.5 Å². The molecule has 0 aliphatic carbocycles. The molecule has 0 atom stereocenters. The first kappa shape index (κ1) is 13.8. The molecule has 0 saturated carbocycles. The number of para-hydroxylation sites is 1. The Hall–Kier alpha value is -5.92. The fraction of sp³-hybridized carbons (Fsp3) is 0. The fourth-order valence-corrected chi connectivity index (χ4v) is 5.98. The van der Waals surface area contributed by atoms with Gasteiger partial charge in [-0.1, -0.05) is 145 Å². The zero-order valence-corrected chi connectivity index (χ0v) is 23.3. The highest BCUT2D eigenvalue weighted by atomic mass is 16.3. The van der Waals surface area contributed by atoms with Gasteiger partial charge in [0.25, 0.3) is 0 Å². The molecule has 1 heteroatoms.